The van der Waals surface area contributed by atoms with Crippen molar-refractivity contribution in [2.24, 2.45) is 0 Å². The van der Waals surface area contributed by atoms with Gasteiger partial charge in [-0.15, -0.1) is 0 Å². The lowest BCUT2D eigenvalue weighted by atomic mass is 10.1. The van der Waals surface area contributed by atoms with Crippen LogP contribution in [0.1, 0.15) is 17.7 Å². The number of rotatable bonds is 6. The third-order valence-electron chi connectivity index (χ3n) is 4.45. The molecule has 0 radical (unpaired) electrons. The number of nitrogens with one attached hydrogen (secondary N) is 2. The van der Waals surface area contributed by atoms with Crippen LogP contribution in [0.25, 0.3) is 16.7 Å². The summed E-state index contributed by atoms with van der Waals surface area (Å²) in [6, 6.07) is 15.8. The minimum atomic E-state index is -0.341. The number of H-pyrrole nitrogens is 1. The molecule has 8 heteroatoms. The predicted octanol–water partition coefficient (Wildman–Crippen LogP) is 3.39. The van der Waals surface area contributed by atoms with Gasteiger partial charge in [-0.05, 0) is 49.2 Å². The molecule has 0 saturated carbocycles. The van der Waals surface area contributed by atoms with Crippen molar-refractivity contribution in [1.82, 2.24) is 19.7 Å². The van der Waals surface area contributed by atoms with Gasteiger partial charge in [0, 0.05) is 6.54 Å². The van der Waals surface area contributed by atoms with E-state index in [9.17, 15) is 9.65 Å². The van der Waals surface area contributed by atoms with Gasteiger partial charge in [-0.1, -0.05) is 12.1 Å². The molecule has 0 saturated heterocycles. The Morgan fingerprint density at radius 2 is 1.96 bits per heavy atom. The summed E-state index contributed by atoms with van der Waals surface area (Å²) in [5.41, 5.74) is 9.55. The number of nitrogens with two attached hydrogens (primary N) is 1. The summed E-state index contributed by atoms with van der Waals surface area (Å²) in [6.45, 7) is 0.661. The van der Waals surface area contributed by atoms with Gasteiger partial charge in [0.1, 0.15) is 23.3 Å². The van der Waals surface area contributed by atoms with Crippen LogP contribution in [0.15, 0.2) is 48.5 Å². The molecule has 0 aliphatic heterocycles. The Bertz CT molecular complexity index is 1120. The van der Waals surface area contributed by atoms with Crippen molar-refractivity contribution >= 4 is 22.8 Å². The van der Waals surface area contributed by atoms with Crippen LogP contribution in [0, 0.1) is 17.1 Å². The first-order chi connectivity index (χ1) is 13.7. The highest BCUT2D eigenvalue weighted by atomic mass is 19.1. The molecule has 7 nitrogen and oxygen atoms in total. The Balaban J connectivity index is 1.43. The lowest BCUT2D eigenvalue weighted by Gasteiger charge is -2.03. The third kappa shape index (κ3) is 3.38. The molecule has 2 aromatic heterocycles. The van der Waals surface area contributed by atoms with Crippen LogP contribution in [-0.2, 0) is 6.42 Å². The van der Waals surface area contributed by atoms with Crippen LogP contribution >= 0.6 is 0 Å². The van der Waals surface area contributed by atoms with Crippen molar-refractivity contribution in [1.29, 1.82) is 5.26 Å². The first-order valence-corrected chi connectivity index (χ1v) is 8.88. The summed E-state index contributed by atoms with van der Waals surface area (Å²) < 4.78 is 14.6. The monoisotopic (exact) mass is 375 g/mol. The molecule has 28 heavy (non-hydrogen) atoms. The molecular weight excluding hydrogens is 357 g/mol. The molecule has 2 aromatic carbocycles. The number of para-hydroxylation sites is 2. The smallest absolute Gasteiger partial charge is 0.201 e. The number of nitrogen functional groups attached to an aromatic ring is 1. The number of hydrogen-bond donors (Lipinski definition) is 3. The molecule has 4 N–H and O–H groups in total. The summed E-state index contributed by atoms with van der Waals surface area (Å²) in [6.07, 6.45) is 1.32. The van der Waals surface area contributed by atoms with Gasteiger partial charge in [0.25, 0.3) is 0 Å². The molecule has 0 fully saturated rings. The summed E-state index contributed by atoms with van der Waals surface area (Å²) in [4.78, 5) is 7.68. The third-order valence-corrected chi connectivity index (χ3v) is 4.45. The van der Waals surface area contributed by atoms with Gasteiger partial charge in [-0.25, -0.2) is 14.1 Å². The molecular formula is C20H18FN7. The molecule has 2 heterocycles. The fourth-order valence-electron chi connectivity index (χ4n) is 3.05. The normalized spacial score (nSPS) is 10.9. The van der Waals surface area contributed by atoms with Crippen LogP contribution in [0.5, 0.6) is 0 Å². The van der Waals surface area contributed by atoms with Crippen molar-refractivity contribution < 1.29 is 4.39 Å². The second kappa shape index (κ2) is 7.40. The number of nitrogens with zero attached hydrogens (tertiary/aromatic N) is 4. The van der Waals surface area contributed by atoms with Gasteiger partial charge in [-0.2, -0.15) is 10.4 Å². The highest BCUT2D eigenvalue weighted by molar-refractivity contribution is 5.77. The Morgan fingerprint density at radius 1 is 1.18 bits per heavy atom. The Labute approximate surface area is 160 Å². The number of anilines is 2. The van der Waals surface area contributed by atoms with E-state index in [-0.39, 0.29) is 11.6 Å². The second-order valence-electron chi connectivity index (χ2n) is 6.34. The molecule has 0 bridgehead atoms. The zero-order valence-corrected chi connectivity index (χ0v) is 15.0. The molecule has 0 spiro atoms. The maximum absolute atomic E-state index is 13.1. The van der Waals surface area contributed by atoms with Crippen LogP contribution < -0.4 is 11.1 Å². The zero-order valence-electron chi connectivity index (χ0n) is 15.0. The van der Waals surface area contributed by atoms with E-state index in [0.29, 0.717) is 35.9 Å². The van der Waals surface area contributed by atoms with Crippen molar-refractivity contribution in [2.45, 2.75) is 12.8 Å². The van der Waals surface area contributed by atoms with Gasteiger partial charge in [0.2, 0.25) is 5.95 Å². The summed E-state index contributed by atoms with van der Waals surface area (Å²) >= 11 is 0. The van der Waals surface area contributed by atoms with Crippen molar-refractivity contribution in [3.63, 3.8) is 0 Å². The van der Waals surface area contributed by atoms with E-state index in [1.165, 1.54) is 16.8 Å². The lowest BCUT2D eigenvalue weighted by Crippen LogP contribution is -2.05. The van der Waals surface area contributed by atoms with E-state index < -0.39 is 0 Å². The Kier molecular flexibility index (Phi) is 4.64. The minimum Gasteiger partial charge on any atom is -0.382 e. The molecule has 0 unspecified atom stereocenters. The molecule has 0 aliphatic rings. The zero-order chi connectivity index (χ0) is 19.5. The highest BCUT2D eigenvalue weighted by Gasteiger charge is 2.16. The number of nitriles is 1. The topological polar surface area (TPSA) is 108 Å². The number of imidazole rings is 1. The summed E-state index contributed by atoms with van der Waals surface area (Å²) in [7, 11) is 0. The number of aromatic nitrogens is 4. The number of aryl methyl sites for hydroxylation is 1. The quantitative estimate of drug-likeness (QED) is 0.448. The van der Waals surface area contributed by atoms with Gasteiger partial charge in [-0.3, -0.25) is 0 Å². The standard InChI is InChI=1S/C20H18FN7/c21-13-7-9-14(10-8-13)28-19(23)15(12-22)16(27-28)6-3-11-24-20-25-17-4-1-2-5-18(17)26-20/h1-2,4-5,7-10H,3,6,11,23H2,(H2,24,25,26). The number of aromatic amines is 1. The highest BCUT2D eigenvalue weighted by Crippen LogP contribution is 2.22. The van der Waals surface area contributed by atoms with Gasteiger partial charge in [0.15, 0.2) is 0 Å². The summed E-state index contributed by atoms with van der Waals surface area (Å²) in [5, 5.41) is 17.1. The average Bonchev–Trinajstić information content (AvgIpc) is 3.26. The van der Waals surface area contributed by atoms with E-state index in [1.807, 2.05) is 24.3 Å². The predicted molar refractivity (Wildman–Crippen MR) is 106 cm³/mol. The minimum absolute atomic E-state index is 0.259. The van der Waals surface area contributed by atoms with E-state index in [4.69, 9.17) is 5.73 Å². The van der Waals surface area contributed by atoms with E-state index in [2.05, 4.69) is 26.5 Å². The van der Waals surface area contributed by atoms with Crippen molar-refractivity contribution in [3.05, 3.63) is 65.6 Å². The molecule has 0 amide bonds. The lowest BCUT2D eigenvalue weighted by molar-refractivity contribution is 0.627. The number of benzene rings is 2. The molecule has 0 aliphatic carbocycles. The van der Waals surface area contributed by atoms with Crippen LogP contribution in [-0.4, -0.2) is 26.3 Å². The van der Waals surface area contributed by atoms with Gasteiger partial charge < -0.3 is 16.0 Å². The number of hydrogen-bond acceptors (Lipinski definition) is 5. The Morgan fingerprint density at radius 3 is 2.71 bits per heavy atom. The molecule has 140 valence electrons. The molecule has 4 aromatic rings. The molecule has 0 atom stereocenters. The first-order valence-electron chi connectivity index (χ1n) is 8.88. The first kappa shape index (κ1) is 17.5. The van der Waals surface area contributed by atoms with Crippen molar-refractivity contribution in [3.8, 4) is 11.8 Å². The van der Waals surface area contributed by atoms with Crippen molar-refractivity contribution in [2.75, 3.05) is 17.6 Å². The maximum Gasteiger partial charge on any atom is 0.201 e. The number of fused-ring (bicyclic) bond motifs is 1. The van der Waals surface area contributed by atoms with Gasteiger partial charge >= 0.3 is 0 Å². The largest absolute Gasteiger partial charge is 0.382 e. The van der Waals surface area contributed by atoms with Crippen LogP contribution in [0.3, 0.4) is 0 Å². The second-order valence-corrected chi connectivity index (χ2v) is 6.34. The fraction of sp³-hybridized carbons (Fsp3) is 0.150. The molecule has 4 rings (SSSR count). The maximum atomic E-state index is 13.1. The van der Waals surface area contributed by atoms with Gasteiger partial charge in [0.05, 0.1) is 22.4 Å². The van der Waals surface area contributed by atoms with Crippen LogP contribution in [0.4, 0.5) is 16.2 Å². The van der Waals surface area contributed by atoms with Crippen LogP contribution in [0.2, 0.25) is 0 Å². The SMILES string of the molecule is N#Cc1c(CCCNc2nc3ccccc3[nH]2)nn(-c2ccc(F)cc2)c1N. The average molecular weight is 375 g/mol. The summed E-state index contributed by atoms with van der Waals surface area (Å²) in [5.74, 6) is 0.624. The van der Waals surface area contributed by atoms with E-state index in [1.54, 1.807) is 12.1 Å². The van der Waals surface area contributed by atoms with E-state index >= 15 is 0 Å². The fourth-order valence-corrected chi connectivity index (χ4v) is 3.05. The Hall–Kier alpha value is -3.86. The van der Waals surface area contributed by atoms with E-state index in [0.717, 1.165) is 17.5 Å². The number of halogens is 1.